The molecule has 4 amide bonds. The van der Waals surface area contributed by atoms with Crippen LogP contribution in [-0.2, 0) is 33.3 Å². The molecule has 38 heavy (non-hydrogen) atoms. The summed E-state index contributed by atoms with van der Waals surface area (Å²) in [5, 5.41) is 11.8. The third-order valence-corrected chi connectivity index (χ3v) is 6.13. The Balaban J connectivity index is 1.34. The highest BCUT2D eigenvalue weighted by atomic mass is 16.6. The first-order chi connectivity index (χ1) is 18.2. The molecule has 2 atom stereocenters. The number of nitrogens with one attached hydrogen (secondary N) is 1. The molecule has 208 valence electrons. The molecule has 0 aliphatic carbocycles. The maximum Gasteiger partial charge on any atom is 0.332 e. The van der Waals surface area contributed by atoms with Crippen LogP contribution in [0.3, 0.4) is 0 Å². The van der Waals surface area contributed by atoms with Gasteiger partial charge in [-0.3, -0.25) is 29.0 Å². The Morgan fingerprint density at radius 1 is 1.00 bits per heavy atom. The quantitative estimate of drug-likeness (QED) is 0.222. The Hall–Kier alpha value is -3.39. The number of benzene rings is 1. The molecular formula is C25H33N3O10. The molecule has 1 aromatic carbocycles. The molecule has 2 unspecified atom stereocenters. The normalized spacial score (nSPS) is 18.2. The molecule has 1 saturated heterocycles. The predicted octanol–water partition coefficient (Wildman–Crippen LogP) is 0.381. The summed E-state index contributed by atoms with van der Waals surface area (Å²) in [6.45, 7) is 3.99. The molecule has 2 aliphatic heterocycles. The van der Waals surface area contributed by atoms with E-state index in [0.717, 1.165) is 9.80 Å². The number of piperidine rings is 1. The number of carboxylic acid groups (broad SMARTS) is 1. The number of carboxylic acids is 1. The Morgan fingerprint density at radius 3 is 2.29 bits per heavy atom. The second-order valence-corrected chi connectivity index (χ2v) is 8.67. The molecule has 0 bridgehead atoms. The summed E-state index contributed by atoms with van der Waals surface area (Å²) < 4.78 is 21.2. The van der Waals surface area contributed by atoms with E-state index in [2.05, 4.69) is 5.32 Å². The number of likely N-dealkylation sites (N-methyl/N-ethyl adjacent to an activating group) is 1. The number of rotatable bonds is 16. The van der Waals surface area contributed by atoms with Crippen LogP contribution >= 0.6 is 0 Å². The zero-order chi connectivity index (χ0) is 27.7. The van der Waals surface area contributed by atoms with E-state index in [4.69, 9.17) is 24.1 Å². The molecule has 2 N–H and O–H groups in total. The number of carbonyl (C=O) groups is 5. The fraction of sp³-hybridized carbons (Fsp3) is 0.560. The predicted molar refractivity (Wildman–Crippen MR) is 132 cm³/mol. The zero-order valence-corrected chi connectivity index (χ0v) is 21.5. The maximum absolute atomic E-state index is 13.2. The summed E-state index contributed by atoms with van der Waals surface area (Å²) in [5.41, 5.74) is 0.887. The first kappa shape index (κ1) is 29.2. The third kappa shape index (κ3) is 7.13. The van der Waals surface area contributed by atoms with Crippen molar-refractivity contribution in [1.82, 2.24) is 9.80 Å². The summed E-state index contributed by atoms with van der Waals surface area (Å²) in [6.07, 6.45) is -0.675. The number of amides is 4. The van der Waals surface area contributed by atoms with Gasteiger partial charge in [0.05, 0.1) is 57.4 Å². The highest BCUT2D eigenvalue weighted by Gasteiger charge is 2.47. The van der Waals surface area contributed by atoms with Gasteiger partial charge in [-0.2, -0.15) is 0 Å². The zero-order valence-electron chi connectivity index (χ0n) is 21.5. The SMILES string of the molecule is CC(OCCOCCOCCOCCNc1cccc2c1C(=O)N(C1CCC(=O)N(C)C1=O)C2=O)C(=O)O. The van der Waals surface area contributed by atoms with Crippen LogP contribution in [0.4, 0.5) is 5.69 Å². The largest absolute Gasteiger partial charge is 0.479 e. The average molecular weight is 536 g/mol. The number of hydrogen-bond acceptors (Lipinski definition) is 10. The minimum Gasteiger partial charge on any atom is -0.479 e. The molecule has 13 heteroatoms. The molecule has 3 rings (SSSR count). The van der Waals surface area contributed by atoms with Gasteiger partial charge in [0, 0.05) is 25.7 Å². The van der Waals surface area contributed by atoms with Crippen molar-refractivity contribution in [2.24, 2.45) is 0 Å². The van der Waals surface area contributed by atoms with Gasteiger partial charge in [-0.1, -0.05) is 6.07 Å². The van der Waals surface area contributed by atoms with Gasteiger partial charge in [-0.05, 0) is 25.5 Å². The Bertz CT molecular complexity index is 1050. The molecule has 13 nitrogen and oxygen atoms in total. The van der Waals surface area contributed by atoms with E-state index in [1.54, 1.807) is 18.2 Å². The summed E-state index contributed by atoms with van der Waals surface area (Å²) in [4.78, 5) is 63.0. The van der Waals surface area contributed by atoms with Crippen LogP contribution in [0.25, 0.3) is 0 Å². The van der Waals surface area contributed by atoms with E-state index in [1.165, 1.54) is 14.0 Å². The van der Waals surface area contributed by atoms with E-state index in [-0.39, 0.29) is 43.1 Å². The monoisotopic (exact) mass is 535 g/mol. The number of hydrogen-bond donors (Lipinski definition) is 2. The van der Waals surface area contributed by atoms with Crippen molar-refractivity contribution in [3.8, 4) is 0 Å². The highest BCUT2D eigenvalue weighted by molar-refractivity contribution is 6.25. The van der Waals surface area contributed by atoms with Crippen molar-refractivity contribution in [3.63, 3.8) is 0 Å². The fourth-order valence-electron chi connectivity index (χ4n) is 4.03. The first-order valence-corrected chi connectivity index (χ1v) is 12.4. The standard InChI is InChI=1S/C25H33N3O10/c1-16(25(33)34)38-15-14-37-13-12-36-11-10-35-9-8-26-18-5-3-4-17-21(18)24(32)28(22(17)30)19-6-7-20(29)27(2)23(19)31/h3-5,16,19,26H,6-15H2,1-2H3,(H,33,34). The summed E-state index contributed by atoms with van der Waals surface area (Å²) in [5.74, 6) is -3.03. The molecule has 0 radical (unpaired) electrons. The number of aliphatic carboxylic acids is 1. The Kier molecular flexibility index (Phi) is 10.7. The van der Waals surface area contributed by atoms with Crippen molar-refractivity contribution in [1.29, 1.82) is 0 Å². The van der Waals surface area contributed by atoms with Crippen molar-refractivity contribution < 1.29 is 48.0 Å². The number of nitrogens with zero attached hydrogens (tertiary/aromatic N) is 2. The van der Waals surface area contributed by atoms with Gasteiger partial charge in [0.1, 0.15) is 6.04 Å². The second kappa shape index (κ2) is 14.0. The smallest absolute Gasteiger partial charge is 0.332 e. The third-order valence-electron chi connectivity index (χ3n) is 6.13. The van der Waals surface area contributed by atoms with Gasteiger partial charge in [0.25, 0.3) is 17.7 Å². The Labute approximate surface area is 219 Å². The van der Waals surface area contributed by atoms with Gasteiger partial charge in [-0.15, -0.1) is 0 Å². The van der Waals surface area contributed by atoms with Crippen LogP contribution in [0.2, 0.25) is 0 Å². The van der Waals surface area contributed by atoms with Crippen LogP contribution in [0.1, 0.15) is 40.5 Å². The number of anilines is 1. The van der Waals surface area contributed by atoms with Crippen molar-refractivity contribution in [3.05, 3.63) is 29.3 Å². The highest BCUT2D eigenvalue weighted by Crippen LogP contribution is 2.33. The molecule has 2 heterocycles. The topological polar surface area (TPSA) is 161 Å². The lowest BCUT2D eigenvalue weighted by molar-refractivity contribution is -0.150. The van der Waals surface area contributed by atoms with E-state index < -0.39 is 35.8 Å². The van der Waals surface area contributed by atoms with E-state index in [1.807, 2.05) is 0 Å². The molecule has 0 spiro atoms. The lowest BCUT2D eigenvalue weighted by Crippen LogP contribution is -2.54. The summed E-state index contributed by atoms with van der Waals surface area (Å²) in [6, 6.07) is 3.89. The van der Waals surface area contributed by atoms with Gasteiger partial charge in [-0.25, -0.2) is 4.79 Å². The number of ether oxygens (including phenoxy) is 4. The molecule has 2 aliphatic rings. The van der Waals surface area contributed by atoms with Gasteiger partial charge in [0.15, 0.2) is 6.10 Å². The average Bonchev–Trinajstić information content (AvgIpc) is 3.15. The van der Waals surface area contributed by atoms with Crippen molar-refractivity contribution in [2.45, 2.75) is 31.9 Å². The minimum absolute atomic E-state index is 0.0857. The minimum atomic E-state index is -1.02. The summed E-state index contributed by atoms with van der Waals surface area (Å²) in [7, 11) is 1.35. The lowest BCUT2D eigenvalue weighted by Gasteiger charge is -2.32. The fourth-order valence-corrected chi connectivity index (χ4v) is 4.03. The van der Waals surface area contributed by atoms with Crippen molar-refractivity contribution in [2.75, 3.05) is 65.2 Å². The van der Waals surface area contributed by atoms with Crippen molar-refractivity contribution >= 4 is 35.3 Å². The maximum atomic E-state index is 13.2. The molecule has 0 saturated carbocycles. The summed E-state index contributed by atoms with van der Waals surface area (Å²) >= 11 is 0. The van der Waals surface area contributed by atoms with Gasteiger partial charge < -0.3 is 29.4 Å². The lowest BCUT2D eigenvalue weighted by atomic mass is 10.0. The van der Waals surface area contributed by atoms with Crippen LogP contribution in [0.5, 0.6) is 0 Å². The van der Waals surface area contributed by atoms with Gasteiger partial charge >= 0.3 is 5.97 Å². The second-order valence-electron chi connectivity index (χ2n) is 8.67. The first-order valence-electron chi connectivity index (χ1n) is 12.4. The number of likely N-dealkylation sites (tertiary alicyclic amines) is 1. The molecule has 0 aromatic heterocycles. The van der Waals surface area contributed by atoms with E-state index >= 15 is 0 Å². The van der Waals surface area contributed by atoms with Crippen LogP contribution in [0, 0.1) is 0 Å². The van der Waals surface area contributed by atoms with E-state index in [0.29, 0.717) is 45.3 Å². The number of fused-ring (bicyclic) bond motifs is 1. The van der Waals surface area contributed by atoms with E-state index in [9.17, 15) is 24.0 Å². The molecular weight excluding hydrogens is 502 g/mol. The van der Waals surface area contributed by atoms with Gasteiger partial charge in [0.2, 0.25) is 5.91 Å². The van der Waals surface area contributed by atoms with Crippen LogP contribution < -0.4 is 5.32 Å². The van der Waals surface area contributed by atoms with Crippen LogP contribution in [-0.4, -0.2) is 116 Å². The number of imide groups is 2. The van der Waals surface area contributed by atoms with Crippen LogP contribution in [0.15, 0.2) is 18.2 Å². The molecule has 1 fully saturated rings. The number of carbonyl (C=O) groups excluding carboxylic acids is 4. The molecule has 1 aromatic rings. The Morgan fingerprint density at radius 2 is 1.63 bits per heavy atom.